The molecule has 2 aromatic carbocycles. The number of ether oxygens (including phenoxy) is 6. The van der Waals surface area contributed by atoms with E-state index in [9.17, 15) is 51.1 Å². The van der Waals surface area contributed by atoms with Gasteiger partial charge in [-0.1, -0.05) is 12.1 Å². The Labute approximate surface area is 276 Å². The zero-order chi connectivity index (χ0) is 35.1. The number of aromatic hydroxyl groups is 2. The number of aliphatic hydroxyl groups excluding tert-OH is 8. The van der Waals surface area contributed by atoms with E-state index in [0.29, 0.717) is 11.1 Å². The van der Waals surface area contributed by atoms with Crippen molar-refractivity contribution in [1.82, 2.24) is 0 Å². The summed E-state index contributed by atoms with van der Waals surface area (Å²) < 4.78 is 33.6. The van der Waals surface area contributed by atoms with E-state index >= 15 is 0 Å². The molecule has 2 aliphatic heterocycles. The lowest BCUT2D eigenvalue weighted by atomic mass is 9.83. The summed E-state index contributed by atoms with van der Waals surface area (Å²) in [6, 6.07) is 9.47. The van der Waals surface area contributed by atoms with Crippen molar-refractivity contribution in [3.05, 3.63) is 47.5 Å². The highest BCUT2D eigenvalue weighted by molar-refractivity contribution is 5.43. The number of methoxy groups -OCH3 is 2. The van der Waals surface area contributed by atoms with Gasteiger partial charge in [-0.05, 0) is 60.1 Å². The lowest BCUT2D eigenvalue weighted by molar-refractivity contribution is -0.308. The summed E-state index contributed by atoms with van der Waals surface area (Å²) in [6.45, 7) is -1.63. The standard InChI is InChI=1S/C32H46O16/c1-43-21-9-15(3-5-19(21)35)7-17(13-45-31-29(41)27(39)25(37)23(11-33)47-31)18(8-16-4-6-20(36)22(10-16)44-2)14-46-32-30(42)28(40)26(38)24(12-34)48-32/h3-6,9-10,17-18,23-42H,7-8,11-14H2,1-2H3/t17-,18-,23+,24+,25+,26+,27-,28-,29+,30+,31+,32+/m1/s1. The second kappa shape index (κ2) is 17.2. The van der Waals surface area contributed by atoms with E-state index in [0.717, 1.165) is 0 Å². The molecule has 48 heavy (non-hydrogen) atoms. The monoisotopic (exact) mass is 686 g/mol. The third-order valence-electron chi connectivity index (χ3n) is 8.80. The molecule has 2 aliphatic rings. The normalized spacial score (nSPS) is 32.0. The van der Waals surface area contributed by atoms with Crippen LogP contribution in [0.2, 0.25) is 0 Å². The average molecular weight is 687 g/mol. The lowest BCUT2D eigenvalue weighted by Crippen LogP contribution is -2.59. The Hall–Kier alpha value is -2.84. The molecule has 270 valence electrons. The van der Waals surface area contributed by atoms with Crippen LogP contribution in [-0.4, -0.2) is 153 Å². The molecule has 0 aromatic heterocycles. The molecule has 0 amide bonds. The smallest absolute Gasteiger partial charge is 0.186 e. The van der Waals surface area contributed by atoms with Gasteiger partial charge < -0.3 is 79.5 Å². The predicted molar refractivity (Wildman–Crippen MR) is 163 cm³/mol. The molecule has 0 radical (unpaired) electrons. The number of phenolic OH excluding ortho intramolecular Hbond substituents is 2. The quantitative estimate of drug-likeness (QED) is 0.0951. The van der Waals surface area contributed by atoms with Crippen LogP contribution in [0.5, 0.6) is 23.0 Å². The van der Waals surface area contributed by atoms with Crippen molar-refractivity contribution >= 4 is 0 Å². The zero-order valence-corrected chi connectivity index (χ0v) is 26.6. The molecular formula is C32H46O16. The predicted octanol–water partition coefficient (Wildman–Crippen LogP) is -2.23. The molecule has 2 saturated heterocycles. The molecule has 10 N–H and O–H groups in total. The van der Waals surface area contributed by atoms with E-state index in [1.807, 2.05) is 0 Å². The van der Waals surface area contributed by atoms with Gasteiger partial charge in [-0.2, -0.15) is 0 Å². The number of phenols is 2. The molecule has 12 atom stereocenters. The van der Waals surface area contributed by atoms with Gasteiger partial charge in [0.15, 0.2) is 35.6 Å². The maximum absolute atomic E-state index is 10.6. The summed E-state index contributed by atoms with van der Waals surface area (Å²) in [5, 5.41) is 102. The summed E-state index contributed by atoms with van der Waals surface area (Å²) in [5.41, 5.74) is 1.38. The van der Waals surface area contributed by atoms with E-state index < -0.39 is 86.5 Å². The van der Waals surface area contributed by atoms with Crippen LogP contribution in [0.1, 0.15) is 11.1 Å². The van der Waals surface area contributed by atoms with E-state index in [4.69, 9.17) is 28.4 Å². The van der Waals surface area contributed by atoms with Crippen LogP contribution < -0.4 is 9.47 Å². The molecule has 0 bridgehead atoms. The summed E-state index contributed by atoms with van der Waals surface area (Å²) in [7, 11) is 2.79. The third-order valence-corrected chi connectivity index (χ3v) is 8.80. The molecule has 0 spiro atoms. The summed E-state index contributed by atoms with van der Waals surface area (Å²) in [4.78, 5) is 0. The Bertz CT molecular complexity index is 1200. The van der Waals surface area contributed by atoms with Gasteiger partial charge in [0.05, 0.1) is 40.6 Å². The van der Waals surface area contributed by atoms with Crippen LogP contribution in [-0.2, 0) is 31.8 Å². The van der Waals surface area contributed by atoms with Crippen LogP contribution in [0.3, 0.4) is 0 Å². The van der Waals surface area contributed by atoms with Gasteiger partial charge in [0, 0.05) is 0 Å². The Morgan fingerprint density at radius 3 is 1.29 bits per heavy atom. The van der Waals surface area contributed by atoms with Gasteiger partial charge in [0.2, 0.25) is 0 Å². The largest absolute Gasteiger partial charge is 0.504 e. The molecule has 16 heteroatoms. The minimum absolute atomic E-state index is 0.0888. The highest BCUT2D eigenvalue weighted by Gasteiger charge is 2.46. The highest BCUT2D eigenvalue weighted by Crippen LogP contribution is 2.34. The molecule has 16 nitrogen and oxygen atoms in total. The van der Waals surface area contributed by atoms with Crippen molar-refractivity contribution in [2.45, 2.75) is 74.3 Å². The Balaban J connectivity index is 1.66. The molecule has 0 aliphatic carbocycles. The number of rotatable bonds is 15. The van der Waals surface area contributed by atoms with Gasteiger partial charge in [-0.15, -0.1) is 0 Å². The van der Waals surface area contributed by atoms with Gasteiger partial charge in [0.25, 0.3) is 0 Å². The Kier molecular flexibility index (Phi) is 13.6. The maximum Gasteiger partial charge on any atom is 0.186 e. The molecular weight excluding hydrogens is 640 g/mol. The van der Waals surface area contributed by atoms with Crippen LogP contribution in [0.4, 0.5) is 0 Å². The fourth-order valence-electron chi connectivity index (χ4n) is 5.87. The summed E-state index contributed by atoms with van der Waals surface area (Å²) in [6.07, 6.45) is -14.7. The van der Waals surface area contributed by atoms with E-state index in [1.165, 1.54) is 26.4 Å². The fourth-order valence-corrected chi connectivity index (χ4v) is 5.87. The summed E-state index contributed by atoms with van der Waals surface area (Å²) in [5.74, 6) is -0.854. The zero-order valence-electron chi connectivity index (χ0n) is 26.6. The van der Waals surface area contributed by atoms with E-state index in [1.54, 1.807) is 24.3 Å². The number of benzene rings is 2. The van der Waals surface area contributed by atoms with Gasteiger partial charge in [-0.25, -0.2) is 0 Å². The average Bonchev–Trinajstić information content (AvgIpc) is 3.09. The van der Waals surface area contributed by atoms with E-state index in [-0.39, 0.29) is 49.1 Å². The van der Waals surface area contributed by atoms with Gasteiger partial charge in [-0.3, -0.25) is 0 Å². The van der Waals surface area contributed by atoms with Crippen LogP contribution in [0.25, 0.3) is 0 Å². The molecule has 2 heterocycles. The molecule has 0 unspecified atom stereocenters. The first kappa shape index (κ1) is 38.0. The minimum atomic E-state index is -1.67. The Morgan fingerprint density at radius 2 is 0.958 bits per heavy atom. The van der Waals surface area contributed by atoms with Crippen LogP contribution in [0.15, 0.2) is 36.4 Å². The topological polar surface area (TPSA) is 258 Å². The summed E-state index contributed by atoms with van der Waals surface area (Å²) >= 11 is 0. The fraction of sp³-hybridized carbons (Fsp3) is 0.625. The van der Waals surface area contributed by atoms with Crippen LogP contribution in [0, 0.1) is 11.8 Å². The van der Waals surface area contributed by atoms with Crippen LogP contribution >= 0.6 is 0 Å². The number of hydrogen-bond acceptors (Lipinski definition) is 16. The second-order valence-electron chi connectivity index (χ2n) is 12.0. The van der Waals surface area contributed by atoms with Gasteiger partial charge >= 0.3 is 0 Å². The first-order valence-corrected chi connectivity index (χ1v) is 15.5. The molecule has 2 aromatic rings. The van der Waals surface area contributed by atoms with Crippen molar-refractivity contribution in [1.29, 1.82) is 0 Å². The molecule has 4 rings (SSSR count). The van der Waals surface area contributed by atoms with Gasteiger partial charge in [0.1, 0.15) is 48.8 Å². The van der Waals surface area contributed by atoms with Crippen molar-refractivity contribution in [3.63, 3.8) is 0 Å². The second-order valence-corrected chi connectivity index (χ2v) is 12.0. The first-order valence-electron chi connectivity index (χ1n) is 15.5. The maximum atomic E-state index is 10.6. The van der Waals surface area contributed by atoms with Crippen molar-refractivity contribution < 1.29 is 79.5 Å². The van der Waals surface area contributed by atoms with Crippen molar-refractivity contribution in [3.8, 4) is 23.0 Å². The minimum Gasteiger partial charge on any atom is -0.504 e. The number of aliphatic hydroxyl groups is 8. The van der Waals surface area contributed by atoms with Crippen molar-refractivity contribution in [2.75, 3.05) is 40.6 Å². The third kappa shape index (κ3) is 8.84. The van der Waals surface area contributed by atoms with Crippen molar-refractivity contribution in [2.24, 2.45) is 11.8 Å². The number of hydrogen-bond donors (Lipinski definition) is 10. The Morgan fingerprint density at radius 1 is 0.583 bits per heavy atom. The highest BCUT2D eigenvalue weighted by atomic mass is 16.7. The first-order chi connectivity index (χ1) is 22.9. The lowest BCUT2D eigenvalue weighted by Gasteiger charge is -2.41. The molecule has 2 fully saturated rings. The SMILES string of the molecule is COc1cc(C[C@H](CO[C@H]2O[C@@H](CO)[C@H](O)[C@@H](O)[C@@H]2O)[C@@H](CO[C@H]2O[C@@H](CO)[C@H](O)[C@@H](O)[C@@H]2O)Cc2ccc(O)c(OC)c2)ccc1O. The molecule has 0 saturated carbocycles. The van der Waals surface area contributed by atoms with E-state index in [2.05, 4.69) is 0 Å².